The quantitative estimate of drug-likeness (QED) is 0.782. The molecule has 2 aromatic rings. The third-order valence-electron chi connectivity index (χ3n) is 2.71. The molecule has 2 rings (SSSR count). The molecule has 1 heterocycles. The lowest BCUT2D eigenvalue weighted by molar-refractivity contribution is 0.0515. The molecule has 20 heavy (non-hydrogen) atoms. The molecule has 0 saturated heterocycles. The minimum Gasteiger partial charge on any atom is -0.497 e. The minimum atomic E-state index is -0.503. The summed E-state index contributed by atoms with van der Waals surface area (Å²) in [5.74, 6) is 0.620. The molecule has 106 valence electrons. The van der Waals surface area contributed by atoms with Crippen LogP contribution in [-0.4, -0.2) is 36.6 Å². The van der Waals surface area contributed by atoms with Crippen molar-refractivity contribution in [3.63, 3.8) is 0 Å². The highest BCUT2D eigenvalue weighted by Crippen LogP contribution is 2.21. The van der Waals surface area contributed by atoms with Gasteiger partial charge in [-0.25, -0.2) is 9.48 Å². The number of benzene rings is 1. The van der Waals surface area contributed by atoms with Crippen molar-refractivity contribution < 1.29 is 19.0 Å². The van der Waals surface area contributed by atoms with E-state index in [0.29, 0.717) is 5.75 Å². The van der Waals surface area contributed by atoms with Crippen LogP contribution in [0.4, 0.5) is 0 Å². The summed E-state index contributed by atoms with van der Waals surface area (Å²) >= 11 is 0. The van der Waals surface area contributed by atoms with Gasteiger partial charge in [0.05, 0.1) is 32.7 Å². The van der Waals surface area contributed by atoms with Crippen LogP contribution >= 0.6 is 0 Å². The molecular formula is C14H16N2O4. The smallest absolute Gasteiger partial charge is 0.362 e. The van der Waals surface area contributed by atoms with Gasteiger partial charge < -0.3 is 14.2 Å². The molecular weight excluding hydrogens is 260 g/mol. The van der Waals surface area contributed by atoms with Gasteiger partial charge in [0.1, 0.15) is 5.75 Å². The lowest BCUT2D eigenvalue weighted by Gasteiger charge is -2.02. The predicted molar refractivity (Wildman–Crippen MR) is 72.6 cm³/mol. The fourth-order valence-corrected chi connectivity index (χ4v) is 1.72. The number of methoxy groups -OCH3 is 2. The van der Waals surface area contributed by atoms with E-state index in [1.165, 1.54) is 7.11 Å². The van der Waals surface area contributed by atoms with Gasteiger partial charge >= 0.3 is 5.97 Å². The predicted octanol–water partition coefficient (Wildman–Crippen LogP) is 2.07. The van der Waals surface area contributed by atoms with Crippen molar-refractivity contribution >= 4 is 5.97 Å². The fraction of sp³-hybridized carbons (Fsp3) is 0.286. The zero-order chi connectivity index (χ0) is 14.5. The summed E-state index contributed by atoms with van der Waals surface area (Å²) in [5, 5.41) is 4.20. The normalized spacial score (nSPS) is 10.2. The van der Waals surface area contributed by atoms with Crippen LogP contribution in [0, 0.1) is 0 Å². The van der Waals surface area contributed by atoms with Gasteiger partial charge in [0.25, 0.3) is 0 Å². The van der Waals surface area contributed by atoms with Gasteiger partial charge in [-0.1, -0.05) is 0 Å². The van der Waals surface area contributed by atoms with Gasteiger partial charge in [0.2, 0.25) is 5.69 Å². The Balaban J connectivity index is 2.34. The molecule has 0 radical (unpaired) electrons. The summed E-state index contributed by atoms with van der Waals surface area (Å²) in [7, 11) is 3.09. The van der Waals surface area contributed by atoms with Crippen LogP contribution in [0.2, 0.25) is 0 Å². The fourth-order valence-electron chi connectivity index (χ4n) is 1.72. The molecule has 0 bridgehead atoms. The van der Waals surface area contributed by atoms with Crippen molar-refractivity contribution in [1.29, 1.82) is 0 Å². The first kappa shape index (κ1) is 13.9. The van der Waals surface area contributed by atoms with Gasteiger partial charge in [-0.3, -0.25) is 0 Å². The van der Waals surface area contributed by atoms with Crippen molar-refractivity contribution in [2.75, 3.05) is 20.8 Å². The van der Waals surface area contributed by atoms with E-state index in [1.54, 1.807) is 24.9 Å². The second kappa shape index (κ2) is 6.10. The van der Waals surface area contributed by atoms with E-state index in [2.05, 4.69) is 5.10 Å². The van der Waals surface area contributed by atoms with E-state index in [9.17, 15) is 4.79 Å². The first-order valence-electron chi connectivity index (χ1n) is 6.14. The molecule has 1 aromatic carbocycles. The zero-order valence-corrected chi connectivity index (χ0v) is 11.6. The summed E-state index contributed by atoms with van der Waals surface area (Å²) < 4.78 is 16.7. The first-order chi connectivity index (χ1) is 9.69. The second-order valence-electron chi connectivity index (χ2n) is 3.91. The zero-order valence-electron chi connectivity index (χ0n) is 11.6. The topological polar surface area (TPSA) is 62.6 Å². The van der Waals surface area contributed by atoms with E-state index >= 15 is 0 Å². The average Bonchev–Trinajstić information content (AvgIpc) is 2.92. The Kier molecular flexibility index (Phi) is 4.24. The van der Waals surface area contributed by atoms with Gasteiger partial charge in [0.15, 0.2) is 5.75 Å². The Morgan fingerprint density at radius 2 is 1.90 bits per heavy atom. The monoisotopic (exact) mass is 276 g/mol. The molecule has 0 fully saturated rings. The number of nitrogens with zero attached hydrogens (tertiary/aromatic N) is 2. The molecule has 0 aliphatic rings. The molecule has 0 N–H and O–H groups in total. The standard InChI is InChI=1S/C14H16N2O4/c1-4-20-14(17)13-12(19-3)9-16(15-13)10-5-7-11(18-2)8-6-10/h5-9H,4H2,1-3H3. The number of hydrogen-bond acceptors (Lipinski definition) is 5. The number of rotatable bonds is 5. The molecule has 0 amide bonds. The highest BCUT2D eigenvalue weighted by atomic mass is 16.5. The maximum atomic E-state index is 11.8. The van der Waals surface area contributed by atoms with Crippen LogP contribution in [0.5, 0.6) is 11.5 Å². The lowest BCUT2D eigenvalue weighted by Crippen LogP contribution is -2.07. The summed E-state index contributed by atoms with van der Waals surface area (Å²) in [5.41, 5.74) is 0.949. The SMILES string of the molecule is CCOC(=O)c1nn(-c2ccc(OC)cc2)cc1OC. The molecule has 1 aromatic heterocycles. The van der Waals surface area contributed by atoms with Crippen LogP contribution in [0.1, 0.15) is 17.4 Å². The number of esters is 1. The minimum absolute atomic E-state index is 0.158. The number of carbonyl (C=O) groups excluding carboxylic acids is 1. The van der Waals surface area contributed by atoms with Gasteiger partial charge in [0, 0.05) is 0 Å². The van der Waals surface area contributed by atoms with Crippen molar-refractivity contribution in [2.45, 2.75) is 6.92 Å². The number of aromatic nitrogens is 2. The molecule has 0 atom stereocenters. The van der Waals surface area contributed by atoms with Crippen molar-refractivity contribution in [3.05, 3.63) is 36.2 Å². The maximum Gasteiger partial charge on any atom is 0.362 e. The van der Waals surface area contributed by atoms with Gasteiger partial charge in [-0.2, -0.15) is 5.10 Å². The van der Waals surface area contributed by atoms with E-state index in [0.717, 1.165) is 11.4 Å². The Morgan fingerprint density at radius 1 is 1.20 bits per heavy atom. The average molecular weight is 276 g/mol. The molecule has 0 aliphatic carbocycles. The Morgan fingerprint density at radius 3 is 2.45 bits per heavy atom. The molecule has 0 unspecified atom stereocenters. The molecule has 0 spiro atoms. The molecule has 0 aliphatic heterocycles. The summed E-state index contributed by atoms with van der Waals surface area (Å²) in [4.78, 5) is 11.8. The Labute approximate surface area is 116 Å². The highest BCUT2D eigenvalue weighted by molar-refractivity contribution is 5.90. The van der Waals surface area contributed by atoms with Crippen molar-refractivity contribution in [3.8, 4) is 17.2 Å². The lowest BCUT2D eigenvalue weighted by atomic mass is 10.3. The second-order valence-corrected chi connectivity index (χ2v) is 3.91. The molecule has 6 heteroatoms. The van der Waals surface area contributed by atoms with Crippen molar-refractivity contribution in [1.82, 2.24) is 9.78 Å². The molecule has 6 nitrogen and oxygen atoms in total. The first-order valence-corrected chi connectivity index (χ1v) is 6.14. The third-order valence-corrected chi connectivity index (χ3v) is 2.71. The summed E-state index contributed by atoms with van der Waals surface area (Å²) in [6.07, 6.45) is 1.63. The summed E-state index contributed by atoms with van der Waals surface area (Å²) in [6.45, 7) is 2.03. The summed E-state index contributed by atoms with van der Waals surface area (Å²) in [6, 6.07) is 7.29. The van der Waals surface area contributed by atoms with E-state index in [-0.39, 0.29) is 12.3 Å². The van der Waals surface area contributed by atoms with E-state index in [4.69, 9.17) is 14.2 Å². The number of hydrogen-bond donors (Lipinski definition) is 0. The number of ether oxygens (including phenoxy) is 3. The van der Waals surface area contributed by atoms with E-state index < -0.39 is 5.97 Å². The maximum absolute atomic E-state index is 11.8. The van der Waals surface area contributed by atoms with Crippen LogP contribution in [-0.2, 0) is 4.74 Å². The third kappa shape index (κ3) is 2.74. The Bertz CT molecular complexity index is 590. The van der Waals surface area contributed by atoms with Crippen LogP contribution in [0.25, 0.3) is 5.69 Å². The van der Waals surface area contributed by atoms with Gasteiger partial charge in [-0.05, 0) is 31.2 Å². The van der Waals surface area contributed by atoms with Gasteiger partial charge in [-0.15, -0.1) is 0 Å². The largest absolute Gasteiger partial charge is 0.497 e. The van der Waals surface area contributed by atoms with Crippen LogP contribution in [0.3, 0.4) is 0 Å². The van der Waals surface area contributed by atoms with Crippen LogP contribution in [0.15, 0.2) is 30.5 Å². The van der Waals surface area contributed by atoms with E-state index in [1.807, 2.05) is 24.3 Å². The van der Waals surface area contributed by atoms with Crippen molar-refractivity contribution in [2.24, 2.45) is 0 Å². The van der Waals surface area contributed by atoms with Crippen LogP contribution < -0.4 is 9.47 Å². The Hall–Kier alpha value is -2.50. The highest BCUT2D eigenvalue weighted by Gasteiger charge is 2.19. The number of carbonyl (C=O) groups is 1. The molecule has 0 saturated carbocycles.